The van der Waals surface area contributed by atoms with Crippen LogP contribution >= 0.6 is 0 Å². The van der Waals surface area contributed by atoms with E-state index in [0.29, 0.717) is 0 Å². The number of nitrogens with zero attached hydrogens (tertiary/aromatic N) is 3. The summed E-state index contributed by atoms with van der Waals surface area (Å²) >= 11 is 0. The van der Waals surface area contributed by atoms with E-state index in [1.54, 1.807) is 18.6 Å². The molecule has 1 heterocycles. The fraction of sp³-hybridized carbons (Fsp3) is 0.267. The minimum absolute atomic E-state index is 0. The molecule has 0 fully saturated rings. The van der Waals surface area contributed by atoms with E-state index in [2.05, 4.69) is 47.9 Å². The Kier molecular flexibility index (Phi) is 5.37. The van der Waals surface area contributed by atoms with Crippen molar-refractivity contribution in [1.29, 1.82) is 0 Å². The molecule has 0 unspecified atom stereocenters. The molecule has 0 saturated heterocycles. The summed E-state index contributed by atoms with van der Waals surface area (Å²) in [5.41, 5.74) is 6.38. The maximum absolute atomic E-state index is 4.68. The van der Waals surface area contributed by atoms with E-state index in [1.165, 1.54) is 16.7 Å². The second kappa shape index (κ2) is 6.58. The third kappa shape index (κ3) is 3.71. The van der Waals surface area contributed by atoms with Crippen LogP contribution in [0.15, 0.2) is 35.7 Å². The summed E-state index contributed by atoms with van der Waals surface area (Å²) < 4.78 is 0. The molecular weight excluding hydrogens is 281 g/mol. The van der Waals surface area contributed by atoms with Gasteiger partial charge in [0.15, 0.2) is 0 Å². The van der Waals surface area contributed by atoms with E-state index in [1.807, 2.05) is 6.92 Å². The van der Waals surface area contributed by atoms with E-state index in [-0.39, 0.29) is 16.5 Å². The van der Waals surface area contributed by atoms with Gasteiger partial charge in [0.25, 0.3) is 0 Å². The topological polar surface area (TPSA) is 38.1 Å². The molecule has 0 spiro atoms. The van der Waals surface area contributed by atoms with Crippen LogP contribution in [0.1, 0.15) is 29.3 Å². The third-order valence-corrected chi connectivity index (χ3v) is 2.85. The minimum atomic E-state index is 0. The van der Waals surface area contributed by atoms with Gasteiger partial charge in [0.2, 0.25) is 0 Å². The molecule has 0 saturated carbocycles. The van der Waals surface area contributed by atoms with Crippen LogP contribution in [-0.2, 0) is 16.5 Å². The molecule has 100 valence electrons. The summed E-state index contributed by atoms with van der Waals surface area (Å²) in [4.78, 5) is 13.0. The van der Waals surface area contributed by atoms with Gasteiger partial charge in [-0.2, -0.15) is 0 Å². The fourth-order valence-corrected chi connectivity index (χ4v) is 2.06. The number of benzene rings is 1. The Labute approximate surface area is 124 Å². The van der Waals surface area contributed by atoms with Gasteiger partial charge in [-0.05, 0) is 38.8 Å². The summed E-state index contributed by atoms with van der Waals surface area (Å²) in [7, 11) is 0. The number of hydrogen-bond acceptors (Lipinski definition) is 3. The molecular formula is C15H17N3Ni+2. The van der Waals surface area contributed by atoms with Crippen LogP contribution in [0.2, 0.25) is 0 Å². The molecule has 4 heteroatoms. The Morgan fingerprint density at radius 1 is 1.05 bits per heavy atom. The van der Waals surface area contributed by atoms with Gasteiger partial charge in [-0.3, -0.25) is 15.0 Å². The molecule has 0 atom stereocenters. The second-order valence-corrected chi connectivity index (χ2v) is 4.54. The van der Waals surface area contributed by atoms with E-state index >= 15 is 0 Å². The van der Waals surface area contributed by atoms with Gasteiger partial charge < -0.3 is 0 Å². The zero-order chi connectivity index (χ0) is 13.1. The SMILES string of the molecule is CC(=Nc1c(C)cc(C)cc1C)c1cnccn1.[Ni+2]. The molecule has 3 nitrogen and oxygen atoms in total. The average Bonchev–Trinajstić information content (AvgIpc) is 2.34. The van der Waals surface area contributed by atoms with Gasteiger partial charge in [-0.1, -0.05) is 17.7 Å². The number of hydrogen-bond donors (Lipinski definition) is 0. The van der Waals surface area contributed by atoms with Gasteiger partial charge in [0.1, 0.15) is 5.69 Å². The Balaban J connectivity index is 0.00000180. The summed E-state index contributed by atoms with van der Waals surface area (Å²) in [6.45, 7) is 8.23. The van der Waals surface area contributed by atoms with Crippen molar-refractivity contribution in [1.82, 2.24) is 9.97 Å². The molecule has 19 heavy (non-hydrogen) atoms. The molecule has 2 aromatic rings. The Bertz CT molecular complexity index is 569. The van der Waals surface area contributed by atoms with E-state index in [4.69, 9.17) is 0 Å². The number of aryl methyl sites for hydroxylation is 3. The van der Waals surface area contributed by atoms with Crippen molar-refractivity contribution in [3.05, 3.63) is 53.1 Å². The zero-order valence-corrected chi connectivity index (χ0v) is 12.5. The first kappa shape index (κ1) is 15.5. The van der Waals surface area contributed by atoms with Gasteiger partial charge >= 0.3 is 16.5 Å². The van der Waals surface area contributed by atoms with Crippen molar-refractivity contribution < 1.29 is 16.5 Å². The molecule has 0 aliphatic heterocycles. The fourth-order valence-electron chi connectivity index (χ4n) is 2.06. The Morgan fingerprint density at radius 2 is 1.68 bits per heavy atom. The van der Waals surface area contributed by atoms with Crippen molar-refractivity contribution in [2.24, 2.45) is 4.99 Å². The molecule has 0 N–H and O–H groups in total. The van der Waals surface area contributed by atoms with Crippen molar-refractivity contribution in [2.75, 3.05) is 0 Å². The molecule has 1 aromatic carbocycles. The van der Waals surface area contributed by atoms with Gasteiger partial charge in [0.05, 0.1) is 17.6 Å². The van der Waals surface area contributed by atoms with Crippen LogP contribution < -0.4 is 0 Å². The Morgan fingerprint density at radius 3 is 2.21 bits per heavy atom. The van der Waals surface area contributed by atoms with Gasteiger partial charge in [-0.15, -0.1) is 0 Å². The largest absolute Gasteiger partial charge is 2.00 e. The van der Waals surface area contributed by atoms with Crippen LogP contribution in [0.25, 0.3) is 0 Å². The molecule has 1 aromatic heterocycles. The summed E-state index contributed by atoms with van der Waals surface area (Å²) in [5.74, 6) is 0. The number of rotatable bonds is 2. The zero-order valence-electron chi connectivity index (χ0n) is 11.5. The number of aliphatic imine (C=N–C) groups is 1. The first-order valence-corrected chi connectivity index (χ1v) is 5.97. The van der Waals surface area contributed by atoms with E-state index in [0.717, 1.165) is 17.1 Å². The first-order chi connectivity index (χ1) is 8.58. The van der Waals surface area contributed by atoms with E-state index in [9.17, 15) is 0 Å². The molecule has 0 amide bonds. The van der Waals surface area contributed by atoms with Crippen molar-refractivity contribution in [3.8, 4) is 0 Å². The van der Waals surface area contributed by atoms with Crippen molar-refractivity contribution in [2.45, 2.75) is 27.7 Å². The third-order valence-electron chi connectivity index (χ3n) is 2.85. The first-order valence-electron chi connectivity index (χ1n) is 5.97. The summed E-state index contributed by atoms with van der Waals surface area (Å²) in [6.07, 6.45) is 5.08. The van der Waals surface area contributed by atoms with Crippen LogP contribution in [0.3, 0.4) is 0 Å². The average molecular weight is 298 g/mol. The number of aromatic nitrogens is 2. The van der Waals surface area contributed by atoms with E-state index < -0.39 is 0 Å². The molecule has 0 aliphatic rings. The van der Waals surface area contributed by atoms with Gasteiger partial charge in [0, 0.05) is 12.4 Å². The second-order valence-electron chi connectivity index (χ2n) is 4.54. The standard InChI is InChI=1S/C15H17N3.Ni/c1-10-7-11(2)15(12(3)8-10)18-13(4)14-9-16-5-6-17-14;/h5-9H,1-4H3;/q;+2. The summed E-state index contributed by atoms with van der Waals surface area (Å²) in [6, 6.07) is 4.30. The van der Waals surface area contributed by atoms with Crippen LogP contribution in [-0.4, -0.2) is 15.7 Å². The molecule has 0 bridgehead atoms. The van der Waals surface area contributed by atoms with Crippen LogP contribution in [0.5, 0.6) is 0 Å². The predicted molar refractivity (Wildman–Crippen MR) is 74.6 cm³/mol. The summed E-state index contributed by atoms with van der Waals surface area (Å²) in [5, 5.41) is 0. The normalized spacial score (nSPS) is 11.1. The monoisotopic (exact) mass is 297 g/mol. The van der Waals surface area contributed by atoms with Crippen molar-refractivity contribution in [3.63, 3.8) is 0 Å². The van der Waals surface area contributed by atoms with Crippen molar-refractivity contribution >= 4 is 11.4 Å². The van der Waals surface area contributed by atoms with Gasteiger partial charge in [-0.25, -0.2) is 0 Å². The molecule has 0 aliphatic carbocycles. The maximum Gasteiger partial charge on any atom is 2.00 e. The van der Waals surface area contributed by atoms with Crippen LogP contribution in [0.4, 0.5) is 5.69 Å². The molecule has 0 radical (unpaired) electrons. The minimum Gasteiger partial charge on any atom is -0.261 e. The Hall–Kier alpha value is -1.54. The van der Waals surface area contributed by atoms with Crippen LogP contribution in [0, 0.1) is 20.8 Å². The molecule has 2 rings (SSSR count). The smallest absolute Gasteiger partial charge is 0.261 e. The maximum atomic E-state index is 4.68. The quantitative estimate of drug-likeness (QED) is 0.628. The predicted octanol–water partition coefficient (Wildman–Crippen LogP) is 3.54.